The van der Waals surface area contributed by atoms with Crippen LogP contribution in [-0.2, 0) is 6.42 Å². The molecule has 0 heterocycles. The van der Waals surface area contributed by atoms with Gasteiger partial charge in [-0.25, -0.2) is 4.39 Å². The first-order valence-corrected chi connectivity index (χ1v) is 3.28. The number of hydrogen-bond donors (Lipinski definition) is 1. The molecule has 0 radical (unpaired) electrons. The van der Waals surface area contributed by atoms with Crippen molar-refractivity contribution in [3.63, 3.8) is 0 Å². The van der Waals surface area contributed by atoms with Crippen molar-refractivity contribution < 1.29 is 4.39 Å². The van der Waals surface area contributed by atoms with E-state index in [-0.39, 0.29) is 18.2 Å². The van der Waals surface area contributed by atoms with Crippen LogP contribution < -0.4 is 5.73 Å². The zero-order valence-corrected chi connectivity index (χ0v) is 7.12. The van der Waals surface area contributed by atoms with E-state index in [1.165, 1.54) is 6.07 Å². The molecule has 2 N–H and O–H groups in total. The summed E-state index contributed by atoms with van der Waals surface area (Å²) in [5.74, 6) is -0.206. The fourth-order valence-corrected chi connectivity index (χ4v) is 0.850. The zero-order chi connectivity index (χ0) is 7.56. The maximum absolute atomic E-state index is 12.8. The molecule has 62 valence electrons. The van der Waals surface area contributed by atoms with E-state index >= 15 is 0 Å². The molecule has 0 spiro atoms. The molecule has 0 bridgehead atoms. The number of benzene rings is 1. The third-order valence-electron chi connectivity index (χ3n) is 1.46. The predicted octanol–water partition coefficient (Wildman–Crippen LogP) is 2.39. The van der Waals surface area contributed by atoms with Crippen molar-refractivity contribution in [1.29, 1.82) is 0 Å². The highest BCUT2D eigenvalue weighted by atomic mass is 35.5. The summed E-state index contributed by atoms with van der Waals surface area (Å²) in [6, 6.07) is 4.77. The van der Waals surface area contributed by atoms with Crippen molar-refractivity contribution in [2.45, 2.75) is 13.3 Å². The van der Waals surface area contributed by atoms with Crippen molar-refractivity contribution in [2.24, 2.45) is 0 Å². The van der Waals surface area contributed by atoms with E-state index in [9.17, 15) is 4.39 Å². The van der Waals surface area contributed by atoms with E-state index < -0.39 is 0 Å². The summed E-state index contributed by atoms with van der Waals surface area (Å²) in [6.45, 7) is 1.91. The molecule has 0 aliphatic rings. The maximum Gasteiger partial charge on any atom is 0.128 e. The summed E-state index contributed by atoms with van der Waals surface area (Å²) < 4.78 is 12.8. The van der Waals surface area contributed by atoms with E-state index in [1.54, 1.807) is 12.1 Å². The van der Waals surface area contributed by atoms with Gasteiger partial charge in [0.2, 0.25) is 0 Å². The molecule has 0 aliphatic carbocycles. The second-order valence-corrected chi connectivity index (χ2v) is 2.20. The normalized spacial score (nSPS) is 8.91. The molecule has 0 aromatic heterocycles. The lowest BCUT2D eigenvalue weighted by atomic mass is 10.1. The van der Waals surface area contributed by atoms with Gasteiger partial charge in [0.1, 0.15) is 5.82 Å². The number of halogens is 2. The first-order chi connectivity index (χ1) is 4.74. The van der Waals surface area contributed by atoms with Crippen molar-refractivity contribution in [1.82, 2.24) is 0 Å². The van der Waals surface area contributed by atoms with Gasteiger partial charge in [0, 0.05) is 5.69 Å². The van der Waals surface area contributed by atoms with Gasteiger partial charge in [-0.1, -0.05) is 13.0 Å². The molecule has 1 nitrogen and oxygen atoms in total. The molecule has 0 atom stereocenters. The Morgan fingerprint density at radius 2 is 2.09 bits per heavy atom. The standard InChI is InChI=1S/C8H10FN.ClH/c1-2-6-3-4-7(10)5-8(6)9;/h3-5H,2,10H2,1H3;1H. The fraction of sp³-hybridized carbons (Fsp3) is 0.250. The first kappa shape index (κ1) is 10.2. The Balaban J connectivity index is 0.000001000. The van der Waals surface area contributed by atoms with E-state index in [0.717, 1.165) is 0 Å². The molecule has 0 fully saturated rings. The van der Waals surface area contributed by atoms with E-state index in [4.69, 9.17) is 5.73 Å². The molecule has 0 unspecified atom stereocenters. The summed E-state index contributed by atoms with van der Waals surface area (Å²) in [4.78, 5) is 0. The Labute approximate surface area is 71.8 Å². The van der Waals surface area contributed by atoms with Crippen molar-refractivity contribution in [3.8, 4) is 0 Å². The molecule has 1 aromatic carbocycles. The number of anilines is 1. The number of rotatable bonds is 1. The molecular formula is C8H11ClFN. The van der Waals surface area contributed by atoms with Gasteiger partial charge in [0.05, 0.1) is 0 Å². The highest BCUT2D eigenvalue weighted by Gasteiger charge is 1.97. The van der Waals surface area contributed by atoms with Crippen molar-refractivity contribution in [2.75, 3.05) is 5.73 Å². The second-order valence-electron chi connectivity index (χ2n) is 2.20. The third kappa shape index (κ3) is 2.39. The molecule has 1 aromatic rings. The summed E-state index contributed by atoms with van der Waals surface area (Å²) in [6.07, 6.45) is 0.714. The number of hydrogen-bond acceptors (Lipinski definition) is 1. The van der Waals surface area contributed by atoms with Gasteiger partial charge in [-0.2, -0.15) is 0 Å². The highest BCUT2D eigenvalue weighted by Crippen LogP contribution is 2.11. The van der Waals surface area contributed by atoms with Crippen LogP contribution in [0, 0.1) is 5.82 Å². The summed E-state index contributed by atoms with van der Waals surface area (Å²) >= 11 is 0. The van der Waals surface area contributed by atoms with Crippen molar-refractivity contribution in [3.05, 3.63) is 29.6 Å². The molecule has 0 saturated heterocycles. The lowest BCUT2D eigenvalue weighted by Gasteiger charge is -1.98. The van der Waals surface area contributed by atoms with Crippen LogP contribution >= 0.6 is 12.4 Å². The summed E-state index contributed by atoms with van der Waals surface area (Å²) in [5, 5.41) is 0. The van der Waals surface area contributed by atoms with Crippen LogP contribution in [0.4, 0.5) is 10.1 Å². The van der Waals surface area contributed by atoms with Crippen LogP contribution in [0.2, 0.25) is 0 Å². The van der Waals surface area contributed by atoms with Crippen LogP contribution in [0.15, 0.2) is 18.2 Å². The molecule has 0 amide bonds. The van der Waals surface area contributed by atoms with Gasteiger partial charge in [-0.3, -0.25) is 0 Å². The minimum absolute atomic E-state index is 0. The van der Waals surface area contributed by atoms with Gasteiger partial charge in [0.15, 0.2) is 0 Å². The van der Waals surface area contributed by atoms with Crippen LogP contribution in [0.5, 0.6) is 0 Å². The van der Waals surface area contributed by atoms with Gasteiger partial charge in [0.25, 0.3) is 0 Å². The molecule has 0 aliphatic heterocycles. The Bertz CT molecular complexity index is 238. The maximum atomic E-state index is 12.8. The Morgan fingerprint density at radius 3 is 2.55 bits per heavy atom. The largest absolute Gasteiger partial charge is 0.399 e. The second kappa shape index (κ2) is 4.19. The quantitative estimate of drug-likeness (QED) is 0.652. The zero-order valence-electron chi connectivity index (χ0n) is 6.30. The number of aryl methyl sites for hydroxylation is 1. The lowest BCUT2D eigenvalue weighted by molar-refractivity contribution is 0.613. The summed E-state index contributed by atoms with van der Waals surface area (Å²) in [5.41, 5.74) is 6.54. The van der Waals surface area contributed by atoms with Crippen molar-refractivity contribution >= 4 is 18.1 Å². The Kier molecular flexibility index (Phi) is 3.90. The smallest absolute Gasteiger partial charge is 0.128 e. The van der Waals surface area contributed by atoms with E-state index in [0.29, 0.717) is 17.7 Å². The Hall–Kier alpha value is -0.760. The van der Waals surface area contributed by atoms with Gasteiger partial charge >= 0.3 is 0 Å². The third-order valence-corrected chi connectivity index (χ3v) is 1.46. The molecule has 0 saturated carbocycles. The summed E-state index contributed by atoms with van der Waals surface area (Å²) in [7, 11) is 0. The average Bonchev–Trinajstić information content (AvgIpc) is 1.88. The number of nitrogens with two attached hydrogens (primary N) is 1. The van der Waals surface area contributed by atoms with Crippen LogP contribution in [-0.4, -0.2) is 0 Å². The molecule has 3 heteroatoms. The van der Waals surface area contributed by atoms with E-state index in [2.05, 4.69) is 0 Å². The minimum atomic E-state index is -0.206. The predicted molar refractivity (Wildman–Crippen MR) is 47.4 cm³/mol. The first-order valence-electron chi connectivity index (χ1n) is 3.28. The van der Waals surface area contributed by atoms with Crippen LogP contribution in [0.25, 0.3) is 0 Å². The highest BCUT2D eigenvalue weighted by molar-refractivity contribution is 5.85. The Morgan fingerprint density at radius 1 is 1.45 bits per heavy atom. The van der Waals surface area contributed by atoms with E-state index in [1.807, 2.05) is 6.92 Å². The monoisotopic (exact) mass is 175 g/mol. The fourth-order valence-electron chi connectivity index (χ4n) is 0.850. The van der Waals surface area contributed by atoms with Crippen LogP contribution in [0.1, 0.15) is 12.5 Å². The molecule has 1 rings (SSSR count). The van der Waals surface area contributed by atoms with Crippen LogP contribution in [0.3, 0.4) is 0 Å². The number of nitrogen functional groups attached to an aromatic ring is 1. The molecular weight excluding hydrogens is 165 g/mol. The lowest BCUT2D eigenvalue weighted by Crippen LogP contribution is -1.90. The average molecular weight is 176 g/mol. The minimum Gasteiger partial charge on any atom is -0.399 e. The molecule has 11 heavy (non-hydrogen) atoms. The van der Waals surface area contributed by atoms with Gasteiger partial charge in [-0.15, -0.1) is 12.4 Å². The topological polar surface area (TPSA) is 26.0 Å². The SMILES string of the molecule is CCc1ccc(N)cc1F.Cl. The van der Waals surface area contributed by atoms with Gasteiger partial charge in [-0.05, 0) is 24.1 Å². The van der Waals surface area contributed by atoms with Gasteiger partial charge < -0.3 is 5.73 Å².